The lowest BCUT2D eigenvalue weighted by atomic mass is 9.94. The van der Waals surface area contributed by atoms with Gasteiger partial charge in [0.05, 0.1) is 27.4 Å². The molecular weight excluding hydrogens is 580 g/mol. The molecule has 0 saturated heterocycles. The first-order chi connectivity index (χ1) is 18.5. The monoisotopic (exact) mass is 608 g/mol. The molecule has 39 heavy (non-hydrogen) atoms. The van der Waals surface area contributed by atoms with Crippen molar-refractivity contribution in [3.8, 4) is 11.4 Å². The number of aryl methyl sites for hydroxylation is 4. The van der Waals surface area contributed by atoms with Crippen LogP contribution in [0.3, 0.4) is 0 Å². The van der Waals surface area contributed by atoms with Crippen LogP contribution >= 0.6 is 15.9 Å². The number of nitrogens with zero attached hydrogens (tertiary/aromatic N) is 1. The number of carbonyl (C=O) groups excluding carboxylic acids is 1. The number of rotatable bonds is 6. The van der Waals surface area contributed by atoms with Crippen molar-refractivity contribution < 1.29 is 17.9 Å². The number of hydrogen-bond donors (Lipinski definition) is 1. The van der Waals surface area contributed by atoms with E-state index in [9.17, 15) is 18.0 Å². The number of halogens is 1. The summed E-state index contributed by atoms with van der Waals surface area (Å²) < 4.78 is 34.6. The van der Waals surface area contributed by atoms with E-state index in [2.05, 4.69) is 33.0 Å². The number of pyridine rings is 1. The Hall–Kier alpha value is -3.43. The van der Waals surface area contributed by atoms with Gasteiger partial charge in [-0.1, -0.05) is 35.9 Å². The van der Waals surface area contributed by atoms with Crippen molar-refractivity contribution in [2.45, 2.75) is 56.9 Å². The summed E-state index contributed by atoms with van der Waals surface area (Å²) in [7, 11) is -4.01. The molecule has 0 aliphatic heterocycles. The number of hydrogen-bond acceptors (Lipinski definition) is 5. The Morgan fingerprint density at radius 2 is 1.72 bits per heavy atom. The zero-order valence-corrected chi connectivity index (χ0v) is 24.6. The molecule has 0 amide bonds. The topological polar surface area (TPSA) is 98.2 Å². The van der Waals surface area contributed by atoms with Crippen molar-refractivity contribution in [3.05, 3.63) is 102 Å². The Balaban J connectivity index is 1.74. The molecule has 1 aliphatic rings. The van der Waals surface area contributed by atoms with Crippen molar-refractivity contribution in [1.82, 2.24) is 9.55 Å². The molecule has 2 aromatic heterocycles. The number of nitrogens with one attached hydrogen (secondary N) is 1. The lowest BCUT2D eigenvalue weighted by Crippen LogP contribution is -2.23. The van der Waals surface area contributed by atoms with Crippen molar-refractivity contribution in [2.75, 3.05) is 6.61 Å². The molecule has 0 spiro atoms. The molecule has 0 bridgehead atoms. The third kappa shape index (κ3) is 4.67. The molecule has 2 aromatic carbocycles. The van der Waals surface area contributed by atoms with Crippen LogP contribution in [-0.2, 0) is 34.0 Å². The molecule has 1 aliphatic carbocycles. The van der Waals surface area contributed by atoms with Crippen LogP contribution in [0.4, 0.5) is 0 Å². The van der Waals surface area contributed by atoms with Gasteiger partial charge in [-0.25, -0.2) is 13.2 Å². The first-order valence-electron chi connectivity index (χ1n) is 12.8. The van der Waals surface area contributed by atoms with Crippen LogP contribution in [-0.4, -0.2) is 30.5 Å². The Kier molecular flexibility index (Phi) is 7.15. The quantitative estimate of drug-likeness (QED) is 0.284. The summed E-state index contributed by atoms with van der Waals surface area (Å²) >= 11 is 3.66. The lowest BCUT2D eigenvalue weighted by Gasteiger charge is -2.22. The van der Waals surface area contributed by atoms with E-state index >= 15 is 0 Å². The predicted molar refractivity (Wildman–Crippen MR) is 153 cm³/mol. The first-order valence-corrected chi connectivity index (χ1v) is 15.0. The minimum atomic E-state index is -4.01. The summed E-state index contributed by atoms with van der Waals surface area (Å²) in [5.41, 5.74) is 6.86. The second-order valence-electron chi connectivity index (χ2n) is 9.85. The SMILES string of the molecule is CCOC(=O)c1c(Br)c2c(n1Cc1c(C)cc(C)cc1C)-c1[nH]c(=O)c(S(=O)(=O)c3ccccc3)cc1CC2. The van der Waals surface area contributed by atoms with Crippen LogP contribution in [0.15, 0.2) is 67.6 Å². The molecule has 0 radical (unpaired) electrons. The number of fused-ring (bicyclic) bond motifs is 3. The van der Waals surface area contributed by atoms with E-state index in [4.69, 9.17) is 4.74 Å². The molecule has 0 fully saturated rings. The normalized spacial score (nSPS) is 12.6. The third-order valence-corrected chi connectivity index (χ3v) is 9.87. The van der Waals surface area contributed by atoms with Gasteiger partial charge in [0.1, 0.15) is 10.6 Å². The zero-order valence-electron chi connectivity index (χ0n) is 22.2. The van der Waals surface area contributed by atoms with Gasteiger partial charge in [-0.15, -0.1) is 0 Å². The number of benzene rings is 2. The molecule has 202 valence electrons. The highest BCUT2D eigenvalue weighted by Crippen LogP contribution is 2.41. The first kappa shape index (κ1) is 27.1. The number of ether oxygens (including phenoxy) is 1. The van der Waals surface area contributed by atoms with Crippen molar-refractivity contribution in [2.24, 2.45) is 0 Å². The molecule has 9 heteroatoms. The molecule has 0 saturated carbocycles. The highest BCUT2D eigenvalue weighted by molar-refractivity contribution is 9.10. The zero-order chi connectivity index (χ0) is 28.1. The molecule has 0 unspecified atom stereocenters. The van der Waals surface area contributed by atoms with E-state index in [0.717, 1.165) is 27.8 Å². The van der Waals surface area contributed by atoms with E-state index in [1.807, 2.05) is 25.3 Å². The fraction of sp³-hybridized carbons (Fsp3) is 0.267. The molecule has 4 aromatic rings. The van der Waals surface area contributed by atoms with Crippen molar-refractivity contribution in [1.29, 1.82) is 0 Å². The minimum Gasteiger partial charge on any atom is -0.461 e. The van der Waals surface area contributed by atoms with E-state index < -0.39 is 21.4 Å². The summed E-state index contributed by atoms with van der Waals surface area (Å²) in [6.45, 7) is 8.49. The molecule has 2 heterocycles. The van der Waals surface area contributed by atoms with Gasteiger partial charge >= 0.3 is 5.97 Å². The molecular formula is C30H29BrN2O5S. The molecule has 0 atom stereocenters. The molecule has 7 nitrogen and oxygen atoms in total. The summed E-state index contributed by atoms with van der Waals surface area (Å²) in [6, 6.07) is 13.6. The van der Waals surface area contributed by atoms with Gasteiger partial charge in [0.15, 0.2) is 0 Å². The average molecular weight is 610 g/mol. The largest absolute Gasteiger partial charge is 0.461 e. The van der Waals surface area contributed by atoms with Gasteiger partial charge in [-0.2, -0.15) is 0 Å². The van der Waals surface area contributed by atoms with Crippen LogP contribution in [0, 0.1) is 20.8 Å². The number of aromatic nitrogens is 2. The highest BCUT2D eigenvalue weighted by atomic mass is 79.9. The van der Waals surface area contributed by atoms with E-state index in [1.165, 1.54) is 18.2 Å². The van der Waals surface area contributed by atoms with E-state index in [1.54, 1.807) is 25.1 Å². The second-order valence-corrected chi connectivity index (χ2v) is 12.6. The summed E-state index contributed by atoms with van der Waals surface area (Å²) in [5, 5.41) is 0. The number of sulfone groups is 1. The fourth-order valence-electron chi connectivity index (χ4n) is 5.47. The molecule has 1 N–H and O–H groups in total. The maximum absolute atomic E-state index is 13.3. The summed E-state index contributed by atoms with van der Waals surface area (Å²) in [6.07, 6.45) is 1.06. The average Bonchev–Trinajstić information content (AvgIpc) is 3.18. The number of aromatic amines is 1. The van der Waals surface area contributed by atoms with Gasteiger partial charge < -0.3 is 14.3 Å². The second kappa shape index (κ2) is 10.3. The Bertz CT molecular complexity index is 1760. The minimum absolute atomic E-state index is 0.0630. The predicted octanol–water partition coefficient (Wildman–Crippen LogP) is 5.69. The maximum atomic E-state index is 13.3. The fourth-order valence-corrected chi connectivity index (χ4v) is 7.60. The van der Waals surface area contributed by atoms with Gasteiger partial charge in [-0.05, 0) is 102 Å². The molecule has 5 rings (SSSR count). The van der Waals surface area contributed by atoms with Crippen LogP contribution in [0.1, 0.15) is 50.8 Å². The lowest BCUT2D eigenvalue weighted by molar-refractivity contribution is 0.0513. The number of carbonyl (C=O) groups is 1. The van der Waals surface area contributed by atoms with Crippen molar-refractivity contribution >= 4 is 31.7 Å². The smallest absolute Gasteiger partial charge is 0.356 e. The Morgan fingerprint density at radius 3 is 2.36 bits per heavy atom. The van der Waals surface area contributed by atoms with Crippen molar-refractivity contribution in [3.63, 3.8) is 0 Å². The number of H-pyrrole nitrogens is 1. The third-order valence-electron chi connectivity index (χ3n) is 7.24. The highest BCUT2D eigenvalue weighted by Gasteiger charge is 2.33. The van der Waals surface area contributed by atoms with E-state index in [-0.39, 0.29) is 16.4 Å². The van der Waals surface area contributed by atoms with Gasteiger partial charge in [0.25, 0.3) is 5.56 Å². The van der Waals surface area contributed by atoms with Gasteiger partial charge in [0, 0.05) is 6.54 Å². The Labute approximate surface area is 235 Å². The standard InChI is InChI=1S/C30H29BrN2O5S/c1-5-38-30(35)28-25(31)22-12-11-20-15-24(39(36,37)21-9-7-6-8-10-21)29(34)32-26(20)27(22)33(28)16-23-18(3)13-17(2)14-19(23)4/h6-10,13-15H,5,11-12,16H2,1-4H3,(H,32,34). The van der Waals surface area contributed by atoms with Crippen LogP contribution < -0.4 is 5.56 Å². The van der Waals surface area contributed by atoms with Crippen LogP contribution in [0.5, 0.6) is 0 Å². The Morgan fingerprint density at radius 1 is 1.05 bits per heavy atom. The van der Waals surface area contributed by atoms with E-state index in [0.29, 0.717) is 46.5 Å². The van der Waals surface area contributed by atoms with Crippen LogP contribution in [0.25, 0.3) is 11.4 Å². The van der Waals surface area contributed by atoms with Gasteiger partial charge in [0.2, 0.25) is 9.84 Å². The maximum Gasteiger partial charge on any atom is 0.356 e. The van der Waals surface area contributed by atoms with Crippen LogP contribution in [0.2, 0.25) is 0 Å². The summed E-state index contributed by atoms with van der Waals surface area (Å²) in [4.78, 5) is 29.2. The summed E-state index contributed by atoms with van der Waals surface area (Å²) in [5.74, 6) is -0.464. The number of esters is 1. The van der Waals surface area contributed by atoms with Gasteiger partial charge in [-0.3, -0.25) is 4.79 Å².